The molecule has 0 bridgehead atoms. The molecular weight excluding hydrogens is 225 g/mol. The van der Waals surface area contributed by atoms with Gasteiger partial charge in [-0.1, -0.05) is 30.3 Å². The summed E-state index contributed by atoms with van der Waals surface area (Å²) in [6.07, 6.45) is 3.56. The van der Waals surface area contributed by atoms with Crippen molar-refractivity contribution in [2.24, 2.45) is 5.73 Å². The summed E-state index contributed by atoms with van der Waals surface area (Å²) in [7, 11) is 0. The summed E-state index contributed by atoms with van der Waals surface area (Å²) < 4.78 is 13.7. The Bertz CT molecular complexity index is 590. The molecule has 1 aliphatic rings. The third-order valence-corrected chi connectivity index (χ3v) is 3.70. The summed E-state index contributed by atoms with van der Waals surface area (Å²) in [5.41, 5.74) is 10.9. The normalized spacial score (nSPS) is 13.7. The average Bonchev–Trinajstić information content (AvgIpc) is 2.85. The second kappa shape index (κ2) is 4.54. The molecule has 0 aliphatic heterocycles. The van der Waals surface area contributed by atoms with Crippen LogP contribution in [0.15, 0.2) is 36.4 Å². The molecule has 92 valence electrons. The molecule has 1 aliphatic carbocycles. The van der Waals surface area contributed by atoms with E-state index in [1.165, 1.54) is 24.0 Å². The number of hydrogen-bond donors (Lipinski definition) is 1. The van der Waals surface area contributed by atoms with Gasteiger partial charge in [0.05, 0.1) is 0 Å². The molecule has 2 heteroatoms. The number of benzene rings is 2. The van der Waals surface area contributed by atoms with Crippen LogP contribution in [-0.2, 0) is 19.4 Å². The molecule has 0 heterocycles. The lowest BCUT2D eigenvalue weighted by molar-refractivity contribution is 0.611. The Kier molecular flexibility index (Phi) is 2.88. The first-order valence-corrected chi connectivity index (χ1v) is 6.38. The summed E-state index contributed by atoms with van der Waals surface area (Å²) in [6, 6.07) is 11.8. The highest BCUT2D eigenvalue weighted by atomic mass is 19.1. The van der Waals surface area contributed by atoms with E-state index < -0.39 is 0 Å². The Morgan fingerprint density at radius 1 is 0.944 bits per heavy atom. The van der Waals surface area contributed by atoms with Crippen molar-refractivity contribution < 1.29 is 4.39 Å². The topological polar surface area (TPSA) is 26.0 Å². The molecule has 2 N–H and O–H groups in total. The fourth-order valence-corrected chi connectivity index (χ4v) is 2.64. The van der Waals surface area contributed by atoms with Gasteiger partial charge in [0.15, 0.2) is 0 Å². The molecule has 0 amide bonds. The van der Waals surface area contributed by atoms with Crippen molar-refractivity contribution in [2.75, 3.05) is 0 Å². The maximum absolute atomic E-state index is 13.7. The molecule has 0 saturated heterocycles. The van der Waals surface area contributed by atoms with Gasteiger partial charge in [0.25, 0.3) is 0 Å². The van der Waals surface area contributed by atoms with Gasteiger partial charge in [-0.3, -0.25) is 0 Å². The highest BCUT2D eigenvalue weighted by Crippen LogP contribution is 2.28. The third kappa shape index (κ3) is 1.93. The second-order valence-electron chi connectivity index (χ2n) is 4.85. The minimum atomic E-state index is -0.213. The van der Waals surface area contributed by atoms with Crippen LogP contribution < -0.4 is 5.73 Å². The maximum atomic E-state index is 13.7. The standard InChI is InChI=1S/C16H16FN/c17-16-9-14(6-7-15(16)10-18)13-5-4-11-2-1-3-12(11)8-13/h4-9H,1-3,10,18H2. The number of aryl methyl sites for hydroxylation is 2. The second-order valence-corrected chi connectivity index (χ2v) is 4.85. The fraction of sp³-hybridized carbons (Fsp3) is 0.250. The summed E-state index contributed by atoms with van der Waals surface area (Å²) in [5, 5.41) is 0. The van der Waals surface area contributed by atoms with Crippen LogP contribution in [0.4, 0.5) is 4.39 Å². The minimum Gasteiger partial charge on any atom is -0.326 e. The van der Waals surface area contributed by atoms with Crippen LogP contribution in [0.25, 0.3) is 11.1 Å². The van der Waals surface area contributed by atoms with E-state index in [1.54, 1.807) is 12.1 Å². The molecule has 0 unspecified atom stereocenters. The van der Waals surface area contributed by atoms with E-state index in [4.69, 9.17) is 5.73 Å². The molecule has 0 spiro atoms. The predicted molar refractivity (Wildman–Crippen MR) is 71.8 cm³/mol. The quantitative estimate of drug-likeness (QED) is 0.856. The summed E-state index contributed by atoms with van der Waals surface area (Å²) in [4.78, 5) is 0. The molecule has 0 saturated carbocycles. The van der Waals surface area contributed by atoms with Gasteiger partial charge in [0.1, 0.15) is 5.82 Å². The average molecular weight is 241 g/mol. The van der Waals surface area contributed by atoms with Crippen molar-refractivity contribution in [3.05, 3.63) is 58.9 Å². The molecule has 3 rings (SSSR count). The number of halogens is 1. The Labute approximate surface area is 106 Å². The first-order valence-electron chi connectivity index (χ1n) is 6.38. The Morgan fingerprint density at radius 2 is 1.67 bits per heavy atom. The van der Waals surface area contributed by atoms with Gasteiger partial charge in [0.2, 0.25) is 0 Å². The summed E-state index contributed by atoms with van der Waals surface area (Å²) in [5.74, 6) is -0.213. The fourth-order valence-electron chi connectivity index (χ4n) is 2.64. The van der Waals surface area contributed by atoms with Gasteiger partial charge in [-0.05, 0) is 47.6 Å². The van der Waals surface area contributed by atoms with E-state index >= 15 is 0 Å². The van der Waals surface area contributed by atoms with E-state index in [1.807, 2.05) is 6.07 Å². The van der Waals surface area contributed by atoms with E-state index in [0.717, 1.165) is 17.5 Å². The number of rotatable bonds is 2. The lowest BCUT2D eigenvalue weighted by atomic mass is 9.99. The van der Waals surface area contributed by atoms with Gasteiger partial charge < -0.3 is 5.73 Å². The lowest BCUT2D eigenvalue weighted by Gasteiger charge is -2.07. The van der Waals surface area contributed by atoms with Crippen LogP contribution >= 0.6 is 0 Å². The van der Waals surface area contributed by atoms with Crippen molar-refractivity contribution in [1.29, 1.82) is 0 Å². The number of hydrogen-bond acceptors (Lipinski definition) is 1. The predicted octanol–water partition coefficient (Wildman–Crippen LogP) is 3.44. The highest BCUT2D eigenvalue weighted by Gasteiger charge is 2.12. The van der Waals surface area contributed by atoms with Crippen LogP contribution in [0.2, 0.25) is 0 Å². The highest BCUT2D eigenvalue weighted by molar-refractivity contribution is 5.65. The van der Waals surface area contributed by atoms with E-state index in [2.05, 4.69) is 18.2 Å². The molecule has 2 aromatic rings. The van der Waals surface area contributed by atoms with Gasteiger partial charge in [-0.25, -0.2) is 4.39 Å². The van der Waals surface area contributed by atoms with Crippen molar-refractivity contribution in [3.8, 4) is 11.1 Å². The van der Waals surface area contributed by atoms with Gasteiger partial charge >= 0.3 is 0 Å². The summed E-state index contributed by atoms with van der Waals surface area (Å²) >= 11 is 0. The van der Waals surface area contributed by atoms with Gasteiger partial charge in [-0.15, -0.1) is 0 Å². The van der Waals surface area contributed by atoms with Crippen LogP contribution in [0.1, 0.15) is 23.1 Å². The zero-order valence-corrected chi connectivity index (χ0v) is 10.2. The first kappa shape index (κ1) is 11.4. The smallest absolute Gasteiger partial charge is 0.128 e. The molecule has 18 heavy (non-hydrogen) atoms. The maximum Gasteiger partial charge on any atom is 0.128 e. The SMILES string of the molecule is NCc1ccc(-c2ccc3c(c2)CCC3)cc1F. The zero-order valence-electron chi connectivity index (χ0n) is 10.2. The molecule has 0 fully saturated rings. The van der Waals surface area contributed by atoms with E-state index in [9.17, 15) is 4.39 Å². The largest absolute Gasteiger partial charge is 0.326 e. The molecule has 1 nitrogen and oxygen atoms in total. The van der Waals surface area contributed by atoms with Crippen LogP contribution in [-0.4, -0.2) is 0 Å². The molecule has 0 aromatic heterocycles. The van der Waals surface area contributed by atoms with Crippen molar-refractivity contribution in [3.63, 3.8) is 0 Å². The number of nitrogens with two attached hydrogens (primary N) is 1. The first-order chi connectivity index (χ1) is 8.78. The third-order valence-electron chi connectivity index (χ3n) is 3.70. The van der Waals surface area contributed by atoms with Gasteiger partial charge in [0, 0.05) is 12.1 Å². The molecule has 2 aromatic carbocycles. The van der Waals surface area contributed by atoms with Crippen molar-refractivity contribution >= 4 is 0 Å². The minimum absolute atomic E-state index is 0.213. The van der Waals surface area contributed by atoms with Crippen LogP contribution in [0, 0.1) is 5.82 Å². The summed E-state index contributed by atoms with van der Waals surface area (Å²) in [6.45, 7) is 0.246. The van der Waals surface area contributed by atoms with Crippen LogP contribution in [0.3, 0.4) is 0 Å². The lowest BCUT2D eigenvalue weighted by Crippen LogP contribution is -1.99. The Morgan fingerprint density at radius 3 is 2.44 bits per heavy atom. The Balaban J connectivity index is 2.02. The van der Waals surface area contributed by atoms with E-state index in [-0.39, 0.29) is 12.4 Å². The number of fused-ring (bicyclic) bond motifs is 1. The molecule has 0 atom stereocenters. The molecular formula is C16H16FN. The van der Waals surface area contributed by atoms with Gasteiger partial charge in [-0.2, -0.15) is 0 Å². The zero-order chi connectivity index (χ0) is 12.5. The van der Waals surface area contributed by atoms with E-state index in [0.29, 0.717) is 5.56 Å². The van der Waals surface area contributed by atoms with Crippen molar-refractivity contribution in [1.82, 2.24) is 0 Å². The monoisotopic (exact) mass is 241 g/mol. The van der Waals surface area contributed by atoms with Crippen LogP contribution in [0.5, 0.6) is 0 Å². The van der Waals surface area contributed by atoms with Crippen molar-refractivity contribution in [2.45, 2.75) is 25.8 Å². The Hall–Kier alpha value is -1.67. The molecule has 0 radical (unpaired) electrons.